The molecule has 4 nitrogen and oxygen atoms in total. The lowest BCUT2D eigenvalue weighted by Gasteiger charge is -2.26. The summed E-state index contributed by atoms with van der Waals surface area (Å²) in [6, 6.07) is 7.38. The molecule has 1 rings (SSSR count). The van der Waals surface area contributed by atoms with E-state index < -0.39 is 6.10 Å². The van der Waals surface area contributed by atoms with Crippen LogP contribution in [-0.4, -0.2) is 25.7 Å². The van der Waals surface area contributed by atoms with Crippen LogP contribution in [0.3, 0.4) is 0 Å². The molecule has 0 saturated carbocycles. The Morgan fingerprint density at radius 3 is 2.65 bits per heavy atom. The number of para-hydroxylation sites is 2. The maximum atomic E-state index is 12.2. The standard InChI is InChI=1S/C13H20N2O2/c1-4-9-15(13(16)10(2)17-3)12-8-6-5-7-11(12)14/h5-8,10H,4,9,14H2,1-3H3. The molecular formula is C13H20N2O2. The Morgan fingerprint density at radius 1 is 1.47 bits per heavy atom. The number of hydrogen-bond donors (Lipinski definition) is 1. The Kier molecular flexibility index (Phi) is 4.97. The lowest BCUT2D eigenvalue weighted by molar-refractivity contribution is -0.127. The van der Waals surface area contributed by atoms with Gasteiger partial charge in [-0.05, 0) is 25.5 Å². The van der Waals surface area contributed by atoms with Crippen molar-refractivity contribution in [3.05, 3.63) is 24.3 Å². The molecule has 17 heavy (non-hydrogen) atoms. The second kappa shape index (κ2) is 6.25. The Morgan fingerprint density at radius 2 is 2.12 bits per heavy atom. The molecule has 1 aromatic carbocycles. The van der Waals surface area contributed by atoms with Crippen LogP contribution in [0.4, 0.5) is 11.4 Å². The number of carbonyl (C=O) groups is 1. The van der Waals surface area contributed by atoms with Crippen LogP contribution in [0.2, 0.25) is 0 Å². The smallest absolute Gasteiger partial charge is 0.255 e. The topological polar surface area (TPSA) is 55.6 Å². The molecule has 1 unspecified atom stereocenters. The number of nitrogen functional groups attached to an aromatic ring is 1. The molecule has 1 aromatic rings. The third-order valence-corrected chi connectivity index (χ3v) is 2.64. The lowest BCUT2D eigenvalue weighted by Crippen LogP contribution is -2.39. The van der Waals surface area contributed by atoms with Crippen molar-refractivity contribution in [2.75, 3.05) is 24.3 Å². The van der Waals surface area contributed by atoms with Crippen molar-refractivity contribution in [1.82, 2.24) is 0 Å². The number of carbonyl (C=O) groups excluding carboxylic acids is 1. The number of methoxy groups -OCH3 is 1. The fourth-order valence-electron chi connectivity index (χ4n) is 1.63. The number of nitrogens with zero attached hydrogens (tertiary/aromatic N) is 1. The number of nitrogens with two attached hydrogens (primary N) is 1. The molecule has 0 aliphatic rings. The van der Waals surface area contributed by atoms with Crippen molar-refractivity contribution in [3.8, 4) is 0 Å². The number of rotatable bonds is 5. The average Bonchev–Trinajstić information content (AvgIpc) is 2.35. The van der Waals surface area contributed by atoms with Gasteiger partial charge in [-0.3, -0.25) is 4.79 Å². The van der Waals surface area contributed by atoms with Gasteiger partial charge in [-0.1, -0.05) is 19.1 Å². The van der Waals surface area contributed by atoms with Gasteiger partial charge in [0.1, 0.15) is 6.10 Å². The summed E-state index contributed by atoms with van der Waals surface area (Å²) >= 11 is 0. The van der Waals surface area contributed by atoms with E-state index in [0.717, 1.165) is 12.1 Å². The Balaban J connectivity index is 3.01. The van der Waals surface area contributed by atoms with Crippen molar-refractivity contribution in [2.45, 2.75) is 26.4 Å². The normalized spacial score (nSPS) is 12.2. The fraction of sp³-hybridized carbons (Fsp3) is 0.462. The summed E-state index contributed by atoms with van der Waals surface area (Å²) < 4.78 is 5.07. The zero-order valence-corrected chi connectivity index (χ0v) is 10.6. The summed E-state index contributed by atoms with van der Waals surface area (Å²) in [7, 11) is 1.53. The van der Waals surface area contributed by atoms with Gasteiger partial charge >= 0.3 is 0 Å². The predicted octanol–water partition coefficient (Wildman–Crippen LogP) is 2.05. The van der Waals surface area contributed by atoms with Gasteiger partial charge in [0.2, 0.25) is 0 Å². The molecule has 0 aliphatic heterocycles. The molecule has 4 heteroatoms. The highest BCUT2D eigenvalue weighted by atomic mass is 16.5. The van der Waals surface area contributed by atoms with Gasteiger partial charge in [0, 0.05) is 13.7 Å². The zero-order chi connectivity index (χ0) is 12.8. The van der Waals surface area contributed by atoms with Gasteiger partial charge in [0.05, 0.1) is 11.4 Å². The maximum Gasteiger partial charge on any atom is 0.255 e. The molecule has 0 bridgehead atoms. The third kappa shape index (κ3) is 3.20. The van der Waals surface area contributed by atoms with E-state index in [1.807, 2.05) is 25.1 Å². The SMILES string of the molecule is CCCN(C(=O)C(C)OC)c1ccccc1N. The largest absolute Gasteiger partial charge is 0.397 e. The number of amides is 1. The molecule has 1 amide bonds. The van der Waals surface area contributed by atoms with Crippen LogP contribution in [0.1, 0.15) is 20.3 Å². The van der Waals surface area contributed by atoms with Crippen molar-refractivity contribution >= 4 is 17.3 Å². The molecule has 0 radical (unpaired) electrons. The molecule has 0 fully saturated rings. The van der Waals surface area contributed by atoms with Crippen molar-refractivity contribution in [3.63, 3.8) is 0 Å². The minimum Gasteiger partial charge on any atom is -0.397 e. The van der Waals surface area contributed by atoms with E-state index in [1.54, 1.807) is 17.9 Å². The predicted molar refractivity (Wildman–Crippen MR) is 70.0 cm³/mol. The second-order valence-corrected chi connectivity index (χ2v) is 3.93. The first-order valence-electron chi connectivity index (χ1n) is 5.80. The van der Waals surface area contributed by atoms with Crippen LogP contribution >= 0.6 is 0 Å². The number of hydrogen-bond acceptors (Lipinski definition) is 3. The van der Waals surface area contributed by atoms with Crippen molar-refractivity contribution in [2.24, 2.45) is 0 Å². The summed E-state index contributed by atoms with van der Waals surface area (Å²) in [5, 5.41) is 0. The van der Waals surface area contributed by atoms with E-state index in [1.165, 1.54) is 7.11 Å². The minimum absolute atomic E-state index is 0.0627. The van der Waals surface area contributed by atoms with Crippen LogP contribution in [0.15, 0.2) is 24.3 Å². The van der Waals surface area contributed by atoms with E-state index in [4.69, 9.17) is 10.5 Å². The first-order chi connectivity index (χ1) is 8.11. The van der Waals surface area contributed by atoms with E-state index in [-0.39, 0.29) is 5.91 Å². The monoisotopic (exact) mass is 236 g/mol. The molecule has 0 aliphatic carbocycles. The average molecular weight is 236 g/mol. The second-order valence-electron chi connectivity index (χ2n) is 3.93. The van der Waals surface area contributed by atoms with Gasteiger partial charge in [-0.2, -0.15) is 0 Å². The molecule has 0 saturated heterocycles. The van der Waals surface area contributed by atoms with Crippen LogP contribution in [-0.2, 0) is 9.53 Å². The van der Waals surface area contributed by atoms with E-state index >= 15 is 0 Å². The molecule has 94 valence electrons. The van der Waals surface area contributed by atoms with Gasteiger partial charge < -0.3 is 15.4 Å². The highest BCUT2D eigenvalue weighted by Crippen LogP contribution is 2.23. The summed E-state index contributed by atoms with van der Waals surface area (Å²) in [6.07, 6.45) is 0.414. The van der Waals surface area contributed by atoms with Gasteiger partial charge in [0.25, 0.3) is 5.91 Å². The van der Waals surface area contributed by atoms with Gasteiger partial charge in [-0.15, -0.1) is 0 Å². The summed E-state index contributed by atoms with van der Waals surface area (Å²) in [5.74, 6) is -0.0627. The van der Waals surface area contributed by atoms with Gasteiger partial charge in [0.15, 0.2) is 0 Å². The Bertz CT molecular complexity index is 379. The quantitative estimate of drug-likeness (QED) is 0.796. The van der Waals surface area contributed by atoms with Crippen LogP contribution in [0, 0.1) is 0 Å². The van der Waals surface area contributed by atoms with E-state index in [0.29, 0.717) is 12.2 Å². The lowest BCUT2D eigenvalue weighted by atomic mass is 10.2. The van der Waals surface area contributed by atoms with Crippen LogP contribution in [0.5, 0.6) is 0 Å². The Labute approximate surface area is 102 Å². The first kappa shape index (κ1) is 13.5. The molecule has 0 spiro atoms. The Hall–Kier alpha value is -1.55. The number of anilines is 2. The highest BCUT2D eigenvalue weighted by Gasteiger charge is 2.22. The minimum atomic E-state index is -0.457. The van der Waals surface area contributed by atoms with Crippen LogP contribution < -0.4 is 10.6 Å². The summed E-state index contributed by atoms with van der Waals surface area (Å²) in [6.45, 7) is 4.40. The maximum absolute atomic E-state index is 12.2. The molecular weight excluding hydrogens is 216 g/mol. The first-order valence-corrected chi connectivity index (χ1v) is 5.80. The van der Waals surface area contributed by atoms with Crippen molar-refractivity contribution < 1.29 is 9.53 Å². The molecule has 1 atom stereocenters. The molecule has 0 heterocycles. The number of ether oxygens (including phenoxy) is 1. The fourth-order valence-corrected chi connectivity index (χ4v) is 1.63. The van der Waals surface area contributed by atoms with Crippen molar-refractivity contribution in [1.29, 1.82) is 0 Å². The van der Waals surface area contributed by atoms with E-state index in [2.05, 4.69) is 0 Å². The summed E-state index contributed by atoms with van der Waals surface area (Å²) in [4.78, 5) is 13.8. The molecule has 2 N–H and O–H groups in total. The highest BCUT2D eigenvalue weighted by molar-refractivity contribution is 5.98. The van der Waals surface area contributed by atoms with Gasteiger partial charge in [-0.25, -0.2) is 0 Å². The summed E-state index contributed by atoms with van der Waals surface area (Å²) in [5.41, 5.74) is 7.26. The third-order valence-electron chi connectivity index (χ3n) is 2.64. The molecule has 0 aromatic heterocycles. The van der Waals surface area contributed by atoms with Crippen LogP contribution in [0.25, 0.3) is 0 Å². The zero-order valence-electron chi connectivity index (χ0n) is 10.6. The van der Waals surface area contributed by atoms with E-state index in [9.17, 15) is 4.79 Å². The number of benzene rings is 1.